The maximum absolute atomic E-state index is 12.4. The van der Waals surface area contributed by atoms with Crippen molar-refractivity contribution in [3.8, 4) is 5.75 Å². The van der Waals surface area contributed by atoms with Crippen LogP contribution < -0.4 is 10.1 Å². The van der Waals surface area contributed by atoms with Gasteiger partial charge in [0.25, 0.3) is 5.91 Å². The first-order valence-electron chi connectivity index (χ1n) is 11.5. The zero-order chi connectivity index (χ0) is 21.6. The summed E-state index contributed by atoms with van der Waals surface area (Å²) in [5.74, 6) is 0.608. The van der Waals surface area contributed by atoms with Gasteiger partial charge in [0.2, 0.25) is 0 Å². The number of amides is 1. The third-order valence-electron chi connectivity index (χ3n) is 5.86. The second kappa shape index (κ2) is 10.8. The zero-order valence-corrected chi connectivity index (χ0v) is 19.6. The first-order valence-corrected chi connectivity index (χ1v) is 11.9. The number of likely N-dealkylation sites (tertiary alicyclic amines) is 2. The summed E-state index contributed by atoms with van der Waals surface area (Å²) in [4.78, 5) is 17.4. The number of carbonyl (C=O) groups is 1. The average molecular weight is 436 g/mol. The van der Waals surface area contributed by atoms with Crippen LogP contribution in [-0.2, 0) is 0 Å². The van der Waals surface area contributed by atoms with Gasteiger partial charge in [-0.3, -0.25) is 4.79 Å². The molecule has 2 fully saturated rings. The van der Waals surface area contributed by atoms with Crippen LogP contribution in [0.1, 0.15) is 63.2 Å². The molecule has 0 saturated carbocycles. The molecule has 2 aliphatic rings. The molecule has 0 radical (unpaired) electrons. The van der Waals surface area contributed by atoms with Crippen molar-refractivity contribution < 1.29 is 9.53 Å². The van der Waals surface area contributed by atoms with Crippen molar-refractivity contribution in [2.45, 2.75) is 59.0 Å². The van der Waals surface area contributed by atoms with Gasteiger partial charge in [-0.25, -0.2) is 0 Å². The molecule has 0 aliphatic carbocycles. The highest BCUT2D eigenvalue weighted by Gasteiger charge is 2.24. The fourth-order valence-electron chi connectivity index (χ4n) is 4.39. The number of rotatable bonds is 8. The SMILES string of the molecule is CC(C)(C)CN1CCC(Oc2ccc(C(=O)NCCCN3CCCC3)cc2Cl)CC1. The van der Waals surface area contributed by atoms with Gasteiger partial charge in [-0.15, -0.1) is 0 Å². The lowest BCUT2D eigenvalue weighted by molar-refractivity contribution is 0.0811. The molecule has 6 heteroatoms. The molecule has 0 aromatic heterocycles. The lowest BCUT2D eigenvalue weighted by Crippen LogP contribution is -2.42. The molecule has 168 valence electrons. The maximum atomic E-state index is 12.4. The topological polar surface area (TPSA) is 44.8 Å². The van der Waals surface area contributed by atoms with Gasteiger partial charge >= 0.3 is 0 Å². The largest absolute Gasteiger partial charge is 0.489 e. The van der Waals surface area contributed by atoms with E-state index in [0.717, 1.165) is 45.4 Å². The van der Waals surface area contributed by atoms with Crippen LogP contribution >= 0.6 is 11.6 Å². The van der Waals surface area contributed by atoms with Crippen LogP contribution in [0.25, 0.3) is 0 Å². The number of benzene rings is 1. The number of halogens is 1. The van der Waals surface area contributed by atoms with E-state index in [2.05, 4.69) is 35.9 Å². The van der Waals surface area contributed by atoms with Crippen molar-refractivity contribution in [1.29, 1.82) is 0 Å². The van der Waals surface area contributed by atoms with E-state index in [1.807, 2.05) is 12.1 Å². The first-order chi connectivity index (χ1) is 14.3. The molecule has 2 aliphatic heterocycles. The zero-order valence-electron chi connectivity index (χ0n) is 18.9. The molecule has 0 bridgehead atoms. The monoisotopic (exact) mass is 435 g/mol. The van der Waals surface area contributed by atoms with Gasteiger partial charge in [-0.2, -0.15) is 0 Å². The van der Waals surface area contributed by atoms with Gasteiger partial charge < -0.3 is 19.9 Å². The van der Waals surface area contributed by atoms with Crippen LogP contribution in [0, 0.1) is 5.41 Å². The van der Waals surface area contributed by atoms with Gasteiger partial charge in [-0.1, -0.05) is 32.4 Å². The Bertz CT molecular complexity index is 690. The number of hydrogen-bond donors (Lipinski definition) is 1. The predicted octanol–water partition coefficient (Wildman–Crippen LogP) is 4.45. The smallest absolute Gasteiger partial charge is 0.251 e. The van der Waals surface area contributed by atoms with Gasteiger partial charge in [-0.05, 0) is 75.4 Å². The number of ether oxygens (including phenoxy) is 1. The molecule has 2 saturated heterocycles. The Balaban J connectivity index is 1.41. The van der Waals surface area contributed by atoms with Crippen LogP contribution in [0.15, 0.2) is 18.2 Å². The summed E-state index contributed by atoms with van der Waals surface area (Å²) in [7, 11) is 0. The molecule has 1 aromatic rings. The molecule has 1 amide bonds. The summed E-state index contributed by atoms with van der Waals surface area (Å²) in [6, 6.07) is 5.37. The van der Waals surface area contributed by atoms with Crippen LogP contribution in [0.2, 0.25) is 5.02 Å². The van der Waals surface area contributed by atoms with Gasteiger partial charge in [0.1, 0.15) is 11.9 Å². The molecule has 5 nitrogen and oxygen atoms in total. The van der Waals surface area contributed by atoms with E-state index in [4.69, 9.17) is 16.3 Å². The first kappa shape index (κ1) is 23.4. The van der Waals surface area contributed by atoms with E-state index in [1.54, 1.807) is 6.07 Å². The van der Waals surface area contributed by atoms with Crippen molar-refractivity contribution in [2.24, 2.45) is 5.41 Å². The Morgan fingerprint density at radius 1 is 1.13 bits per heavy atom. The van der Waals surface area contributed by atoms with Gasteiger partial charge in [0, 0.05) is 31.7 Å². The molecular weight excluding hydrogens is 398 g/mol. The van der Waals surface area contributed by atoms with Gasteiger partial charge in [0.15, 0.2) is 0 Å². The number of nitrogens with one attached hydrogen (secondary N) is 1. The molecule has 1 aromatic carbocycles. The second-order valence-electron chi connectivity index (χ2n) is 9.96. The standard InChI is InChI=1S/C24H38ClN3O2/c1-24(2,3)18-28-15-9-20(10-16-28)30-22-8-7-19(17-21(22)25)23(29)26-11-6-14-27-12-4-5-13-27/h7-8,17,20H,4-6,9-16,18H2,1-3H3,(H,26,29). The lowest BCUT2D eigenvalue weighted by Gasteiger charge is -2.36. The predicted molar refractivity (Wildman–Crippen MR) is 124 cm³/mol. The molecule has 0 unspecified atom stereocenters. The molecule has 3 rings (SSSR count). The average Bonchev–Trinajstić information content (AvgIpc) is 3.20. The van der Waals surface area contributed by atoms with Crippen molar-refractivity contribution in [3.63, 3.8) is 0 Å². The minimum atomic E-state index is -0.0691. The van der Waals surface area contributed by atoms with E-state index in [9.17, 15) is 4.79 Å². The van der Waals surface area contributed by atoms with E-state index >= 15 is 0 Å². The summed E-state index contributed by atoms with van der Waals surface area (Å²) in [5.41, 5.74) is 0.912. The molecule has 2 heterocycles. The van der Waals surface area contributed by atoms with Crippen LogP contribution in [0.4, 0.5) is 0 Å². The van der Waals surface area contributed by atoms with E-state index in [0.29, 0.717) is 28.3 Å². The summed E-state index contributed by atoms with van der Waals surface area (Å²) >= 11 is 6.43. The molecule has 1 N–H and O–H groups in total. The highest BCUT2D eigenvalue weighted by Crippen LogP contribution is 2.29. The Labute approximate surface area is 187 Å². The van der Waals surface area contributed by atoms with E-state index in [1.165, 1.54) is 25.9 Å². The molecular formula is C24H38ClN3O2. The second-order valence-corrected chi connectivity index (χ2v) is 10.4. The van der Waals surface area contributed by atoms with E-state index < -0.39 is 0 Å². The number of hydrogen-bond acceptors (Lipinski definition) is 4. The Hall–Kier alpha value is -1.30. The lowest BCUT2D eigenvalue weighted by atomic mass is 9.94. The van der Waals surface area contributed by atoms with Crippen molar-refractivity contribution in [2.75, 3.05) is 45.8 Å². The van der Waals surface area contributed by atoms with Gasteiger partial charge in [0.05, 0.1) is 5.02 Å². The summed E-state index contributed by atoms with van der Waals surface area (Å²) in [6.45, 7) is 14.2. The third-order valence-corrected chi connectivity index (χ3v) is 6.15. The quantitative estimate of drug-likeness (QED) is 0.613. The van der Waals surface area contributed by atoms with Crippen molar-refractivity contribution >= 4 is 17.5 Å². The fraction of sp³-hybridized carbons (Fsp3) is 0.708. The minimum absolute atomic E-state index is 0.0691. The van der Waals surface area contributed by atoms with Crippen LogP contribution in [0.3, 0.4) is 0 Å². The Morgan fingerprint density at radius 3 is 2.47 bits per heavy atom. The Morgan fingerprint density at radius 2 is 1.83 bits per heavy atom. The molecule has 0 spiro atoms. The van der Waals surface area contributed by atoms with E-state index in [-0.39, 0.29) is 12.0 Å². The normalized spacial score (nSPS) is 19.2. The van der Waals surface area contributed by atoms with Crippen LogP contribution in [0.5, 0.6) is 5.75 Å². The maximum Gasteiger partial charge on any atom is 0.251 e. The van der Waals surface area contributed by atoms with Crippen molar-refractivity contribution in [1.82, 2.24) is 15.1 Å². The fourth-order valence-corrected chi connectivity index (χ4v) is 4.61. The van der Waals surface area contributed by atoms with Crippen molar-refractivity contribution in [3.05, 3.63) is 28.8 Å². The third kappa shape index (κ3) is 7.44. The number of nitrogens with zero attached hydrogens (tertiary/aromatic N) is 2. The minimum Gasteiger partial charge on any atom is -0.489 e. The highest BCUT2D eigenvalue weighted by molar-refractivity contribution is 6.32. The summed E-state index contributed by atoms with van der Waals surface area (Å²) in [5, 5.41) is 3.51. The van der Waals surface area contributed by atoms with Crippen LogP contribution in [-0.4, -0.2) is 67.6 Å². The molecule has 0 atom stereocenters. The number of piperidine rings is 1. The molecule has 30 heavy (non-hydrogen) atoms. The number of carbonyl (C=O) groups excluding carboxylic acids is 1. The summed E-state index contributed by atoms with van der Waals surface area (Å²) < 4.78 is 6.16. The Kier molecular flexibility index (Phi) is 8.44. The summed E-state index contributed by atoms with van der Waals surface area (Å²) in [6.07, 6.45) is 5.78. The highest BCUT2D eigenvalue weighted by atomic mass is 35.5.